The molecule has 1 aromatic heterocycles. The van der Waals surface area contributed by atoms with Crippen molar-refractivity contribution in [3.63, 3.8) is 0 Å². The van der Waals surface area contributed by atoms with Crippen LogP contribution in [-0.4, -0.2) is 59.0 Å². The Bertz CT molecular complexity index is 688. The molecular formula is C15H16N2O5S2. The van der Waals surface area contributed by atoms with Crippen LogP contribution >= 0.6 is 23.1 Å². The first-order chi connectivity index (χ1) is 11.5. The number of β-lactam (4-membered cyclic amide) rings is 1. The van der Waals surface area contributed by atoms with E-state index in [1.165, 1.54) is 35.1 Å². The number of carboxylic acid groups (broad SMARTS) is 1. The van der Waals surface area contributed by atoms with E-state index in [9.17, 15) is 19.5 Å². The Hall–Kier alpha value is -1.84. The summed E-state index contributed by atoms with van der Waals surface area (Å²) in [5, 5.41) is 15.3. The van der Waals surface area contributed by atoms with Gasteiger partial charge in [-0.2, -0.15) is 0 Å². The van der Waals surface area contributed by atoms with Crippen molar-refractivity contribution in [1.82, 2.24) is 10.2 Å². The molecule has 7 nitrogen and oxygen atoms in total. The summed E-state index contributed by atoms with van der Waals surface area (Å²) in [4.78, 5) is 38.2. The maximum absolute atomic E-state index is 12.4. The minimum Gasteiger partial charge on any atom is -0.479 e. The highest BCUT2D eigenvalue weighted by Gasteiger charge is 2.55. The summed E-state index contributed by atoms with van der Waals surface area (Å²) in [7, 11) is 1.47. The van der Waals surface area contributed by atoms with Crippen LogP contribution in [-0.2, 0) is 25.5 Å². The van der Waals surface area contributed by atoms with E-state index in [4.69, 9.17) is 4.74 Å². The normalized spacial score (nSPS) is 25.5. The number of ether oxygens (including phenoxy) is 1. The topological polar surface area (TPSA) is 95.9 Å². The average molecular weight is 368 g/mol. The monoisotopic (exact) mass is 368 g/mol. The Morgan fingerprint density at radius 2 is 2.25 bits per heavy atom. The van der Waals surface area contributed by atoms with Gasteiger partial charge in [0.25, 0.3) is 0 Å². The lowest BCUT2D eigenvalue weighted by Gasteiger charge is -2.51. The molecule has 2 unspecified atom stereocenters. The fourth-order valence-corrected chi connectivity index (χ4v) is 4.70. The zero-order valence-corrected chi connectivity index (χ0v) is 14.4. The number of nitrogens with one attached hydrogen (secondary N) is 1. The first kappa shape index (κ1) is 17.0. The van der Waals surface area contributed by atoms with Crippen LogP contribution in [0.1, 0.15) is 4.88 Å². The molecule has 3 heterocycles. The van der Waals surface area contributed by atoms with Crippen molar-refractivity contribution in [1.29, 1.82) is 0 Å². The largest absolute Gasteiger partial charge is 0.479 e. The van der Waals surface area contributed by atoms with E-state index in [-0.39, 0.29) is 24.8 Å². The number of rotatable bonds is 6. The fourth-order valence-electron chi connectivity index (χ4n) is 2.79. The SMILES string of the molecule is COCC1=CS[C@@H]2C(NC(=O)Cc3cccs3)C(=O)N2C1C(=O)O. The number of hydrogen-bond acceptors (Lipinski definition) is 6. The minimum absolute atomic E-state index is 0.149. The van der Waals surface area contributed by atoms with E-state index >= 15 is 0 Å². The van der Waals surface area contributed by atoms with Gasteiger partial charge in [0.05, 0.1) is 13.0 Å². The molecule has 2 amide bonds. The van der Waals surface area contributed by atoms with Gasteiger partial charge in [0.2, 0.25) is 11.8 Å². The molecule has 3 atom stereocenters. The van der Waals surface area contributed by atoms with Crippen molar-refractivity contribution in [2.75, 3.05) is 13.7 Å². The van der Waals surface area contributed by atoms with Crippen LogP contribution in [0.2, 0.25) is 0 Å². The third kappa shape index (κ3) is 3.06. The molecule has 128 valence electrons. The Labute approximate surface area is 146 Å². The molecule has 2 aliphatic heterocycles. The summed E-state index contributed by atoms with van der Waals surface area (Å²) in [6.07, 6.45) is 0.214. The van der Waals surface area contributed by atoms with E-state index in [0.29, 0.717) is 5.57 Å². The highest BCUT2D eigenvalue weighted by Crippen LogP contribution is 2.40. The molecule has 1 aromatic rings. The van der Waals surface area contributed by atoms with Gasteiger partial charge in [-0.05, 0) is 22.4 Å². The molecule has 0 saturated carbocycles. The number of carbonyl (C=O) groups excluding carboxylic acids is 2. The van der Waals surface area contributed by atoms with Gasteiger partial charge in [-0.1, -0.05) is 6.07 Å². The number of thiophene rings is 1. The number of hydrogen-bond donors (Lipinski definition) is 2. The summed E-state index contributed by atoms with van der Waals surface area (Å²) in [5.74, 6) is -1.71. The highest BCUT2D eigenvalue weighted by molar-refractivity contribution is 8.02. The van der Waals surface area contributed by atoms with Gasteiger partial charge < -0.3 is 20.1 Å². The molecule has 2 aliphatic rings. The van der Waals surface area contributed by atoms with Gasteiger partial charge >= 0.3 is 5.97 Å². The van der Waals surface area contributed by atoms with Crippen LogP contribution in [0.25, 0.3) is 0 Å². The molecule has 1 fully saturated rings. The summed E-state index contributed by atoms with van der Waals surface area (Å²) < 4.78 is 5.00. The van der Waals surface area contributed by atoms with Gasteiger partial charge in [0.15, 0.2) is 6.04 Å². The third-order valence-electron chi connectivity index (χ3n) is 3.84. The van der Waals surface area contributed by atoms with Gasteiger partial charge in [-0.25, -0.2) is 4.79 Å². The zero-order chi connectivity index (χ0) is 17.3. The maximum Gasteiger partial charge on any atom is 0.330 e. The van der Waals surface area contributed by atoms with Crippen LogP contribution in [0, 0.1) is 0 Å². The zero-order valence-electron chi connectivity index (χ0n) is 12.8. The Balaban J connectivity index is 1.68. The third-order valence-corrected chi connectivity index (χ3v) is 5.94. The Morgan fingerprint density at radius 1 is 1.46 bits per heavy atom. The lowest BCUT2D eigenvalue weighted by atomic mass is 9.98. The molecule has 1 saturated heterocycles. The second kappa shape index (κ2) is 6.96. The van der Waals surface area contributed by atoms with Crippen LogP contribution in [0.5, 0.6) is 0 Å². The number of thioether (sulfide) groups is 1. The molecule has 3 rings (SSSR count). The van der Waals surface area contributed by atoms with E-state index in [1.807, 2.05) is 17.5 Å². The number of carboxylic acids is 1. The molecular weight excluding hydrogens is 352 g/mol. The van der Waals surface area contributed by atoms with Crippen LogP contribution in [0.3, 0.4) is 0 Å². The Kier molecular flexibility index (Phi) is 4.93. The lowest BCUT2D eigenvalue weighted by Crippen LogP contribution is -2.74. The standard InChI is InChI=1S/C15H16N2O5S2/c1-22-6-8-7-24-14-11(13(19)17(14)12(8)15(20)21)16-10(18)5-9-3-2-4-23-9/h2-4,7,11-12,14H,5-6H2,1H3,(H,16,18)(H,20,21)/t11?,12?,14-/m1/s1. The number of methoxy groups -OCH3 is 1. The average Bonchev–Trinajstić information content (AvgIpc) is 3.05. The molecule has 2 N–H and O–H groups in total. The van der Waals surface area contributed by atoms with Crippen molar-refractivity contribution in [2.45, 2.75) is 23.9 Å². The second-order valence-corrected chi connectivity index (χ2v) is 7.46. The van der Waals surface area contributed by atoms with Crippen molar-refractivity contribution < 1.29 is 24.2 Å². The smallest absolute Gasteiger partial charge is 0.330 e. The van der Waals surface area contributed by atoms with Crippen molar-refractivity contribution in [3.8, 4) is 0 Å². The molecule has 24 heavy (non-hydrogen) atoms. The second-order valence-electron chi connectivity index (χ2n) is 5.44. The van der Waals surface area contributed by atoms with Crippen molar-refractivity contribution in [3.05, 3.63) is 33.4 Å². The number of amides is 2. The lowest BCUT2D eigenvalue weighted by molar-refractivity contribution is -0.160. The molecule has 0 bridgehead atoms. The van der Waals surface area contributed by atoms with Crippen LogP contribution < -0.4 is 5.32 Å². The van der Waals surface area contributed by atoms with Crippen molar-refractivity contribution >= 4 is 40.9 Å². The summed E-state index contributed by atoms with van der Waals surface area (Å²) >= 11 is 2.81. The van der Waals surface area contributed by atoms with Gasteiger partial charge in [0, 0.05) is 12.0 Å². The van der Waals surface area contributed by atoms with Gasteiger partial charge in [-0.15, -0.1) is 23.1 Å². The fraction of sp³-hybridized carbons (Fsp3) is 0.400. The number of fused-ring (bicyclic) bond motifs is 1. The quantitative estimate of drug-likeness (QED) is 0.717. The minimum atomic E-state index is -1.10. The van der Waals surface area contributed by atoms with E-state index in [1.54, 1.807) is 5.41 Å². The van der Waals surface area contributed by atoms with Gasteiger partial charge in [-0.3, -0.25) is 9.59 Å². The summed E-state index contributed by atoms with van der Waals surface area (Å²) in [6, 6.07) is 1.99. The maximum atomic E-state index is 12.4. The van der Waals surface area contributed by atoms with Gasteiger partial charge in [0.1, 0.15) is 11.4 Å². The molecule has 0 aromatic carbocycles. The summed E-state index contributed by atoms with van der Waals surface area (Å²) in [5.41, 5.74) is 0.531. The predicted octanol–water partition coefficient (Wildman–Crippen LogP) is 0.674. The number of aliphatic carboxylic acids is 1. The van der Waals surface area contributed by atoms with E-state index in [2.05, 4.69) is 5.32 Å². The highest BCUT2D eigenvalue weighted by atomic mass is 32.2. The molecule has 9 heteroatoms. The number of carbonyl (C=O) groups is 3. The molecule has 0 radical (unpaired) electrons. The first-order valence-electron chi connectivity index (χ1n) is 7.23. The van der Waals surface area contributed by atoms with Crippen LogP contribution in [0.4, 0.5) is 0 Å². The van der Waals surface area contributed by atoms with E-state index < -0.39 is 23.4 Å². The first-order valence-corrected chi connectivity index (χ1v) is 9.05. The Morgan fingerprint density at radius 3 is 2.88 bits per heavy atom. The predicted molar refractivity (Wildman–Crippen MR) is 89.6 cm³/mol. The van der Waals surface area contributed by atoms with Crippen molar-refractivity contribution in [2.24, 2.45) is 0 Å². The molecule has 0 aliphatic carbocycles. The molecule has 0 spiro atoms. The van der Waals surface area contributed by atoms with Crippen LogP contribution in [0.15, 0.2) is 28.5 Å². The number of nitrogens with zero attached hydrogens (tertiary/aromatic N) is 1. The van der Waals surface area contributed by atoms with E-state index in [0.717, 1.165) is 4.88 Å². The summed E-state index contributed by atoms with van der Waals surface area (Å²) in [6.45, 7) is 0.149.